The van der Waals surface area contributed by atoms with Gasteiger partial charge in [0.25, 0.3) is 0 Å². The lowest BCUT2D eigenvalue weighted by Gasteiger charge is -2.09. The number of fused-ring (bicyclic) bond motifs is 1. The summed E-state index contributed by atoms with van der Waals surface area (Å²) in [6.07, 6.45) is 1.67. The van der Waals surface area contributed by atoms with Gasteiger partial charge in [0.2, 0.25) is 0 Å². The summed E-state index contributed by atoms with van der Waals surface area (Å²) in [6.45, 7) is 2.74. The standard InChI is InChI=1S/C14H12BrFN4/c1-2-17-13-7-12(9-5-3-4-6-11(9)16)19-14-10(15)8-18-20(13)14/h3-8,17H,2H2,1H3. The van der Waals surface area contributed by atoms with Crippen LogP contribution in [0.2, 0.25) is 0 Å². The highest BCUT2D eigenvalue weighted by Gasteiger charge is 2.13. The molecule has 0 amide bonds. The Morgan fingerprint density at radius 2 is 2.15 bits per heavy atom. The third kappa shape index (κ3) is 2.16. The van der Waals surface area contributed by atoms with Crippen molar-refractivity contribution in [3.8, 4) is 11.3 Å². The van der Waals surface area contributed by atoms with E-state index in [2.05, 4.69) is 31.3 Å². The predicted molar refractivity (Wildman–Crippen MR) is 80.2 cm³/mol. The number of rotatable bonds is 3. The second kappa shape index (κ2) is 5.20. The first-order chi connectivity index (χ1) is 9.70. The summed E-state index contributed by atoms with van der Waals surface area (Å²) in [5.74, 6) is 0.490. The zero-order chi connectivity index (χ0) is 14.1. The van der Waals surface area contributed by atoms with Gasteiger partial charge < -0.3 is 5.32 Å². The highest BCUT2D eigenvalue weighted by atomic mass is 79.9. The van der Waals surface area contributed by atoms with Gasteiger partial charge in [-0.15, -0.1) is 0 Å². The van der Waals surface area contributed by atoms with Crippen LogP contribution in [0.15, 0.2) is 41.0 Å². The van der Waals surface area contributed by atoms with Gasteiger partial charge >= 0.3 is 0 Å². The van der Waals surface area contributed by atoms with Crippen LogP contribution in [0.4, 0.5) is 10.2 Å². The van der Waals surface area contributed by atoms with Gasteiger partial charge in [-0.3, -0.25) is 0 Å². The van der Waals surface area contributed by atoms with Gasteiger partial charge in [0.05, 0.1) is 16.4 Å². The van der Waals surface area contributed by atoms with Crippen molar-refractivity contribution in [2.75, 3.05) is 11.9 Å². The third-order valence-corrected chi connectivity index (χ3v) is 3.50. The van der Waals surface area contributed by atoms with E-state index in [1.165, 1.54) is 6.07 Å². The van der Waals surface area contributed by atoms with Crippen molar-refractivity contribution in [3.05, 3.63) is 46.8 Å². The van der Waals surface area contributed by atoms with E-state index in [1.807, 2.05) is 6.92 Å². The van der Waals surface area contributed by atoms with Crippen molar-refractivity contribution < 1.29 is 4.39 Å². The van der Waals surface area contributed by atoms with Crippen LogP contribution in [0, 0.1) is 5.82 Å². The largest absolute Gasteiger partial charge is 0.370 e. The van der Waals surface area contributed by atoms with Crippen molar-refractivity contribution in [1.29, 1.82) is 0 Å². The Morgan fingerprint density at radius 3 is 2.90 bits per heavy atom. The number of nitrogens with zero attached hydrogens (tertiary/aromatic N) is 3. The monoisotopic (exact) mass is 334 g/mol. The molecule has 0 fully saturated rings. The molecule has 3 rings (SSSR count). The molecule has 102 valence electrons. The number of halogens is 2. The minimum absolute atomic E-state index is 0.289. The van der Waals surface area contributed by atoms with Crippen LogP contribution in [0.5, 0.6) is 0 Å². The summed E-state index contributed by atoms with van der Waals surface area (Å²) in [5, 5.41) is 7.46. The summed E-state index contributed by atoms with van der Waals surface area (Å²) < 4.78 is 16.4. The zero-order valence-electron chi connectivity index (χ0n) is 10.8. The molecule has 0 radical (unpaired) electrons. The molecule has 0 spiro atoms. The van der Waals surface area contributed by atoms with E-state index in [0.29, 0.717) is 16.9 Å². The number of benzene rings is 1. The molecule has 0 aliphatic heterocycles. The minimum atomic E-state index is -0.289. The third-order valence-electron chi connectivity index (χ3n) is 2.94. The van der Waals surface area contributed by atoms with Crippen molar-refractivity contribution in [2.24, 2.45) is 0 Å². The highest BCUT2D eigenvalue weighted by Crippen LogP contribution is 2.27. The molecule has 0 saturated carbocycles. The van der Waals surface area contributed by atoms with E-state index < -0.39 is 0 Å². The van der Waals surface area contributed by atoms with Crippen LogP contribution in [0.3, 0.4) is 0 Å². The Kier molecular flexibility index (Phi) is 3.40. The van der Waals surface area contributed by atoms with Crippen LogP contribution in [0.1, 0.15) is 6.92 Å². The fraction of sp³-hybridized carbons (Fsp3) is 0.143. The lowest BCUT2D eigenvalue weighted by molar-refractivity contribution is 0.630. The smallest absolute Gasteiger partial charge is 0.172 e. The molecular formula is C14H12BrFN4. The molecule has 0 atom stereocenters. The SMILES string of the molecule is CCNc1cc(-c2ccccc2F)nc2c(Br)cnn12. The molecule has 0 bridgehead atoms. The van der Waals surface area contributed by atoms with Gasteiger partial charge in [0.15, 0.2) is 5.65 Å². The van der Waals surface area contributed by atoms with Crippen LogP contribution < -0.4 is 5.32 Å². The van der Waals surface area contributed by atoms with Crippen LogP contribution in [0.25, 0.3) is 16.9 Å². The molecule has 0 saturated heterocycles. The average molecular weight is 335 g/mol. The molecular weight excluding hydrogens is 323 g/mol. The van der Waals surface area contributed by atoms with E-state index in [-0.39, 0.29) is 5.82 Å². The fourth-order valence-corrected chi connectivity index (χ4v) is 2.40. The molecule has 4 nitrogen and oxygen atoms in total. The van der Waals surface area contributed by atoms with Gasteiger partial charge in [-0.1, -0.05) is 12.1 Å². The summed E-state index contributed by atoms with van der Waals surface area (Å²) in [4.78, 5) is 4.48. The maximum absolute atomic E-state index is 13.9. The number of aromatic nitrogens is 3. The number of anilines is 1. The first kappa shape index (κ1) is 13.1. The quantitative estimate of drug-likeness (QED) is 0.793. The van der Waals surface area contributed by atoms with Gasteiger partial charge in [0, 0.05) is 18.2 Å². The Morgan fingerprint density at radius 1 is 1.35 bits per heavy atom. The number of hydrogen-bond acceptors (Lipinski definition) is 3. The Hall–Kier alpha value is -1.95. The van der Waals surface area contributed by atoms with Gasteiger partial charge in [-0.2, -0.15) is 9.61 Å². The van der Waals surface area contributed by atoms with Crippen LogP contribution >= 0.6 is 15.9 Å². The van der Waals surface area contributed by atoms with Crippen molar-refractivity contribution in [2.45, 2.75) is 6.92 Å². The summed E-state index contributed by atoms with van der Waals surface area (Å²) in [7, 11) is 0. The summed E-state index contributed by atoms with van der Waals surface area (Å²) in [5.41, 5.74) is 1.71. The molecule has 6 heteroatoms. The molecule has 2 aromatic heterocycles. The topological polar surface area (TPSA) is 42.2 Å². The maximum Gasteiger partial charge on any atom is 0.172 e. The molecule has 0 aliphatic rings. The minimum Gasteiger partial charge on any atom is -0.370 e. The highest BCUT2D eigenvalue weighted by molar-refractivity contribution is 9.10. The van der Waals surface area contributed by atoms with Crippen LogP contribution in [-0.2, 0) is 0 Å². The first-order valence-corrected chi connectivity index (χ1v) is 7.03. The molecule has 3 aromatic rings. The van der Waals surface area contributed by atoms with Gasteiger partial charge in [-0.25, -0.2) is 9.37 Å². The predicted octanol–water partition coefficient (Wildman–Crippen LogP) is 3.73. The Balaban J connectivity index is 2.26. The lowest BCUT2D eigenvalue weighted by Crippen LogP contribution is -2.06. The van der Waals surface area contributed by atoms with E-state index in [9.17, 15) is 4.39 Å². The van der Waals surface area contributed by atoms with E-state index >= 15 is 0 Å². The second-order valence-electron chi connectivity index (χ2n) is 4.26. The maximum atomic E-state index is 13.9. The van der Waals surface area contributed by atoms with Crippen molar-refractivity contribution in [1.82, 2.24) is 14.6 Å². The summed E-state index contributed by atoms with van der Waals surface area (Å²) in [6, 6.07) is 8.40. The average Bonchev–Trinajstić information content (AvgIpc) is 2.82. The molecule has 2 heterocycles. The van der Waals surface area contributed by atoms with Crippen LogP contribution in [-0.4, -0.2) is 21.1 Å². The van der Waals surface area contributed by atoms with Crippen molar-refractivity contribution in [3.63, 3.8) is 0 Å². The molecule has 1 N–H and O–H groups in total. The first-order valence-electron chi connectivity index (χ1n) is 6.23. The Labute approximate surface area is 123 Å². The van der Waals surface area contributed by atoms with E-state index in [1.54, 1.807) is 35.0 Å². The number of nitrogens with one attached hydrogen (secondary N) is 1. The Bertz CT molecular complexity index is 769. The van der Waals surface area contributed by atoms with Crippen molar-refractivity contribution >= 4 is 27.4 Å². The van der Waals surface area contributed by atoms with Gasteiger partial charge in [-0.05, 0) is 35.0 Å². The van der Waals surface area contributed by atoms with E-state index in [0.717, 1.165) is 16.8 Å². The molecule has 20 heavy (non-hydrogen) atoms. The molecule has 0 unspecified atom stereocenters. The molecule has 1 aromatic carbocycles. The number of hydrogen-bond donors (Lipinski definition) is 1. The zero-order valence-corrected chi connectivity index (χ0v) is 12.4. The van der Waals surface area contributed by atoms with E-state index in [4.69, 9.17) is 0 Å². The normalized spacial score (nSPS) is 10.9. The van der Waals surface area contributed by atoms with Gasteiger partial charge in [0.1, 0.15) is 11.6 Å². The fourth-order valence-electron chi connectivity index (χ4n) is 2.05. The second-order valence-corrected chi connectivity index (χ2v) is 5.12. The lowest BCUT2D eigenvalue weighted by atomic mass is 10.1. The molecule has 0 aliphatic carbocycles. The summed E-state index contributed by atoms with van der Waals surface area (Å²) >= 11 is 3.41.